The molecule has 0 spiro atoms. The van der Waals surface area contributed by atoms with Crippen LogP contribution in [0, 0.1) is 0 Å². The van der Waals surface area contributed by atoms with Gasteiger partial charge in [-0.05, 0) is 40.3 Å². The number of benzene rings is 3. The molecule has 1 amide bonds. The molecule has 0 radical (unpaired) electrons. The number of ether oxygens (including phenoxy) is 1. The number of nitrogens with zero attached hydrogens (tertiary/aromatic N) is 2. The zero-order valence-corrected chi connectivity index (χ0v) is 22.7. The van der Waals surface area contributed by atoms with Crippen LogP contribution in [-0.2, 0) is 23.1 Å². The molecule has 7 heteroatoms. The van der Waals surface area contributed by atoms with Gasteiger partial charge < -0.3 is 9.84 Å². The molecule has 1 aliphatic rings. The molecule has 4 aromatic rings. The van der Waals surface area contributed by atoms with Gasteiger partial charge in [0, 0.05) is 41.2 Å². The second-order valence-corrected chi connectivity index (χ2v) is 11.5. The van der Waals surface area contributed by atoms with Crippen molar-refractivity contribution in [2.75, 3.05) is 12.0 Å². The van der Waals surface area contributed by atoms with E-state index in [-0.39, 0.29) is 24.2 Å². The van der Waals surface area contributed by atoms with Crippen molar-refractivity contribution < 1.29 is 19.4 Å². The largest absolute Gasteiger partial charge is 0.496 e. The van der Waals surface area contributed by atoms with Crippen LogP contribution in [0.25, 0.3) is 10.6 Å². The topological polar surface area (TPSA) is 79.7 Å². The van der Waals surface area contributed by atoms with E-state index in [2.05, 4.69) is 25.8 Å². The number of amides is 1. The second kappa shape index (κ2) is 9.72. The van der Waals surface area contributed by atoms with Gasteiger partial charge in [-0.25, -0.2) is 9.78 Å². The lowest BCUT2D eigenvalue weighted by atomic mass is 9.84. The number of carboxylic acids is 1. The number of rotatable bonds is 6. The normalized spacial score (nSPS) is 16.8. The van der Waals surface area contributed by atoms with Gasteiger partial charge in [-0.15, -0.1) is 11.3 Å². The average molecular weight is 527 g/mol. The number of aliphatic carboxylic acids is 1. The Morgan fingerprint density at radius 3 is 2.47 bits per heavy atom. The van der Waals surface area contributed by atoms with Gasteiger partial charge in [-0.2, -0.15) is 0 Å². The molecule has 0 bridgehead atoms. The van der Waals surface area contributed by atoms with Crippen LogP contribution in [0.1, 0.15) is 47.8 Å². The zero-order chi connectivity index (χ0) is 27.1. The first-order valence-electron chi connectivity index (χ1n) is 12.5. The Hall–Kier alpha value is -3.97. The summed E-state index contributed by atoms with van der Waals surface area (Å²) in [5, 5.41) is 13.5. The van der Waals surface area contributed by atoms with Crippen molar-refractivity contribution in [1.82, 2.24) is 4.98 Å². The van der Waals surface area contributed by atoms with Gasteiger partial charge in [0.25, 0.3) is 5.91 Å². The minimum Gasteiger partial charge on any atom is -0.496 e. The van der Waals surface area contributed by atoms with E-state index >= 15 is 0 Å². The Bertz CT molecular complexity index is 1490. The smallest absolute Gasteiger partial charge is 0.330 e. The van der Waals surface area contributed by atoms with Crippen LogP contribution in [-0.4, -0.2) is 34.6 Å². The van der Waals surface area contributed by atoms with Gasteiger partial charge in [-0.3, -0.25) is 9.69 Å². The van der Waals surface area contributed by atoms with Crippen molar-refractivity contribution in [3.8, 4) is 16.3 Å². The van der Waals surface area contributed by atoms with E-state index in [1.165, 1.54) is 16.2 Å². The zero-order valence-electron chi connectivity index (χ0n) is 21.9. The highest BCUT2D eigenvalue weighted by atomic mass is 32.1. The maximum absolute atomic E-state index is 14.3. The highest BCUT2D eigenvalue weighted by Gasteiger charge is 2.53. The number of anilines is 1. The Balaban J connectivity index is 1.70. The predicted octanol–water partition coefficient (Wildman–Crippen LogP) is 6.39. The summed E-state index contributed by atoms with van der Waals surface area (Å²) in [6, 6.07) is 20.5. The number of carbonyl (C=O) groups excluding carboxylic acids is 1. The minimum absolute atomic E-state index is 0.165. The summed E-state index contributed by atoms with van der Waals surface area (Å²) < 4.78 is 5.66. The first kappa shape index (κ1) is 25.7. The maximum Gasteiger partial charge on any atom is 0.330 e. The molecule has 0 saturated heterocycles. The molecule has 1 N–H and O–H groups in total. The first-order chi connectivity index (χ1) is 18.2. The van der Waals surface area contributed by atoms with E-state index in [0.29, 0.717) is 17.0 Å². The van der Waals surface area contributed by atoms with Crippen LogP contribution in [0.2, 0.25) is 0 Å². The number of methoxy groups -OCH3 is 1. The molecule has 2 heterocycles. The molecule has 6 nitrogen and oxygen atoms in total. The van der Waals surface area contributed by atoms with E-state index in [4.69, 9.17) is 4.74 Å². The van der Waals surface area contributed by atoms with Gasteiger partial charge in [0.05, 0.1) is 7.11 Å². The predicted molar refractivity (Wildman–Crippen MR) is 150 cm³/mol. The van der Waals surface area contributed by atoms with Gasteiger partial charge in [0.1, 0.15) is 10.8 Å². The first-order valence-corrected chi connectivity index (χ1v) is 13.4. The molecule has 38 heavy (non-hydrogen) atoms. The van der Waals surface area contributed by atoms with Gasteiger partial charge in [-0.1, -0.05) is 69.3 Å². The van der Waals surface area contributed by atoms with E-state index in [1.807, 2.05) is 60.0 Å². The number of hydrogen-bond donors (Lipinski definition) is 1. The van der Waals surface area contributed by atoms with Crippen LogP contribution in [0.15, 0.2) is 78.3 Å². The molecule has 0 fully saturated rings. The number of carbonyl (C=O) groups is 2. The lowest BCUT2D eigenvalue weighted by Gasteiger charge is -2.35. The molecule has 1 atom stereocenters. The molecular weight excluding hydrogens is 496 g/mol. The van der Waals surface area contributed by atoms with Gasteiger partial charge >= 0.3 is 5.97 Å². The Morgan fingerprint density at radius 1 is 1.08 bits per heavy atom. The minimum atomic E-state index is -1.51. The molecular formula is C31H30N2O4S. The second-order valence-electron chi connectivity index (χ2n) is 10.6. The van der Waals surface area contributed by atoms with E-state index in [9.17, 15) is 14.7 Å². The summed E-state index contributed by atoms with van der Waals surface area (Å²) >= 11 is 1.49. The van der Waals surface area contributed by atoms with Crippen molar-refractivity contribution in [2.24, 2.45) is 0 Å². The van der Waals surface area contributed by atoms with Crippen molar-refractivity contribution in [1.29, 1.82) is 0 Å². The number of aromatic nitrogens is 1. The number of thiazole rings is 1. The number of hydrogen-bond acceptors (Lipinski definition) is 5. The Morgan fingerprint density at radius 2 is 1.84 bits per heavy atom. The summed E-state index contributed by atoms with van der Waals surface area (Å²) in [7, 11) is 1.58. The van der Waals surface area contributed by atoms with Crippen molar-refractivity contribution >= 4 is 28.9 Å². The van der Waals surface area contributed by atoms with Crippen LogP contribution >= 0.6 is 11.3 Å². The Kier molecular flexibility index (Phi) is 6.57. The molecule has 0 aliphatic carbocycles. The molecule has 3 aromatic carbocycles. The summed E-state index contributed by atoms with van der Waals surface area (Å²) in [4.78, 5) is 33.5. The lowest BCUT2D eigenvalue weighted by molar-refractivity contribution is -0.143. The summed E-state index contributed by atoms with van der Waals surface area (Å²) in [5.74, 6) is -0.824. The average Bonchev–Trinajstić information content (AvgIpc) is 3.54. The van der Waals surface area contributed by atoms with E-state index < -0.39 is 11.5 Å². The fourth-order valence-electron chi connectivity index (χ4n) is 5.33. The lowest BCUT2D eigenvalue weighted by Crippen LogP contribution is -2.57. The fraction of sp³-hybridized carbons (Fsp3) is 0.258. The Labute approximate surface area is 226 Å². The molecule has 1 aliphatic heterocycles. The summed E-state index contributed by atoms with van der Waals surface area (Å²) in [6.07, 6.45) is 2.07. The van der Waals surface area contributed by atoms with Crippen molar-refractivity contribution in [3.63, 3.8) is 0 Å². The SMILES string of the molecule is COc1cc(C(=O)N2c3cccc(-c4nccs4)c3CC2(Cc2ccccc2)C(=O)O)ccc1C(C)(C)C. The highest BCUT2D eigenvalue weighted by molar-refractivity contribution is 7.13. The number of fused-ring (bicyclic) bond motifs is 1. The third kappa shape index (κ3) is 4.37. The molecule has 194 valence electrons. The summed E-state index contributed by atoms with van der Waals surface area (Å²) in [6.45, 7) is 6.25. The molecule has 0 saturated carbocycles. The standard InChI is InChI=1S/C31H30N2O4S/c1-30(2,3)24-14-13-21(17-26(24)37-4)28(34)33-25-12-8-11-22(27-32-15-16-38-27)23(25)19-31(33,29(35)36)18-20-9-6-5-7-10-20/h5-17H,18-19H2,1-4H3,(H,35,36). The molecule has 5 rings (SSSR count). The van der Waals surface area contributed by atoms with Crippen LogP contribution in [0.3, 0.4) is 0 Å². The quantitative estimate of drug-likeness (QED) is 0.315. The van der Waals surface area contributed by atoms with Crippen LogP contribution in [0.5, 0.6) is 5.75 Å². The van der Waals surface area contributed by atoms with Crippen LogP contribution < -0.4 is 9.64 Å². The monoisotopic (exact) mass is 526 g/mol. The van der Waals surface area contributed by atoms with Crippen molar-refractivity contribution in [2.45, 2.75) is 44.6 Å². The highest BCUT2D eigenvalue weighted by Crippen LogP contribution is 2.46. The summed E-state index contributed by atoms with van der Waals surface area (Å²) in [5.41, 5.74) is 2.76. The van der Waals surface area contributed by atoms with Crippen molar-refractivity contribution in [3.05, 3.63) is 101 Å². The maximum atomic E-state index is 14.3. The van der Waals surface area contributed by atoms with Crippen LogP contribution in [0.4, 0.5) is 5.69 Å². The third-order valence-corrected chi connectivity index (χ3v) is 7.96. The third-order valence-electron chi connectivity index (χ3n) is 7.15. The van der Waals surface area contributed by atoms with Gasteiger partial charge in [0.2, 0.25) is 0 Å². The number of carboxylic acid groups (broad SMARTS) is 1. The molecule has 1 unspecified atom stereocenters. The van der Waals surface area contributed by atoms with Gasteiger partial charge in [0.15, 0.2) is 5.54 Å². The van der Waals surface area contributed by atoms with E-state index in [0.717, 1.165) is 27.3 Å². The van der Waals surface area contributed by atoms with E-state index in [1.54, 1.807) is 25.4 Å². The fourth-order valence-corrected chi connectivity index (χ4v) is 6.02. The molecule has 1 aromatic heterocycles.